The molecular formula is C15H19N3O2. The summed E-state index contributed by atoms with van der Waals surface area (Å²) < 4.78 is 1.81. The van der Waals surface area contributed by atoms with Crippen LogP contribution < -0.4 is 0 Å². The number of imidazole rings is 1. The van der Waals surface area contributed by atoms with Crippen molar-refractivity contribution in [2.24, 2.45) is 0 Å². The third-order valence-corrected chi connectivity index (χ3v) is 4.10. The maximum absolute atomic E-state index is 11.0. The molecular weight excluding hydrogens is 254 g/mol. The molecule has 3 rings (SSSR count). The molecule has 0 radical (unpaired) electrons. The van der Waals surface area contributed by atoms with Crippen molar-refractivity contribution in [3.63, 3.8) is 0 Å². The van der Waals surface area contributed by atoms with Crippen LogP contribution in [0.25, 0.3) is 5.65 Å². The summed E-state index contributed by atoms with van der Waals surface area (Å²) in [6.07, 6.45) is 7.00. The Morgan fingerprint density at radius 2 is 2.30 bits per heavy atom. The van der Waals surface area contributed by atoms with Crippen LogP contribution in [0.1, 0.15) is 35.8 Å². The molecule has 5 nitrogen and oxygen atoms in total. The Morgan fingerprint density at radius 3 is 3.05 bits per heavy atom. The van der Waals surface area contributed by atoms with Crippen LogP contribution >= 0.6 is 0 Å². The lowest BCUT2D eigenvalue weighted by molar-refractivity contribution is 0.0696. The van der Waals surface area contributed by atoms with Crippen molar-refractivity contribution in [2.45, 2.75) is 32.2 Å². The summed E-state index contributed by atoms with van der Waals surface area (Å²) in [7, 11) is 0. The number of hydrogen-bond donors (Lipinski definition) is 1. The molecule has 0 aliphatic carbocycles. The van der Waals surface area contributed by atoms with Gasteiger partial charge in [0.2, 0.25) is 0 Å². The second-order valence-electron chi connectivity index (χ2n) is 5.35. The van der Waals surface area contributed by atoms with Crippen LogP contribution in [0.4, 0.5) is 0 Å². The van der Waals surface area contributed by atoms with E-state index in [4.69, 9.17) is 5.11 Å². The summed E-state index contributed by atoms with van der Waals surface area (Å²) >= 11 is 0. The summed E-state index contributed by atoms with van der Waals surface area (Å²) in [5, 5.41) is 9.01. The zero-order valence-corrected chi connectivity index (χ0v) is 11.6. The van der Waals surface area contributed by atoms with E-state index in [1.54, 1.807) is 18.3 Å². The standard InChI is InChI=1S/C15H19N3O2/c1-2-17-7-3-4-13(17)8-12-10-18-9-11(15(19)20)5-6-14(18)16-12/h5-6,9-10,13H,2-4,7-8H2,1H3,(H,19,20). The maximum atomic E-state index is 11.0. The number of carboxylic acids is 1. The van der Waals surface area contributed by atoms with Gasteiger partial charge in [0, 0.05) is 24.9 Å². The fraction of sp³-hybridized carbons (Fsp3) is 0.467. The first-order chi connectivity index (χ1) is 9.67. The molecule has 2 aromatic rings. The first-order valence-electron chi connectivity index (χ1n) is 7.12. The number of aromatic carboxylic acids is 1. The molecule has 0 spiro atoms. The van der Waals surface area contributed by atoms with Crippen LogP contribution in [0.2, 0.25) is 0 Å². The number of hydrogen-bond acceptors (Lipinski definition) is 3. The number of carbonyl (C=O) groups is 1. The highest BCUT2D eigenvalue weighted by atomic mass is 16.4. The minimum Gasteiger partial charge on any atom is -0.478 e. The van der Waals surface area contributed by atoms with E-state index >= 15 is 0 Å². The van der Waals surface area contributed by atoms with Gasteiger partial charge in [0.05, 0.1) is 11.3 Å². The predicted octanol–water partition coefficient (Wildman–Crippen LogP) is 2.06. The van der Waals surface area contributed by atoms with Gasteiger partial charge < -0.3 is 14.4 Å². The first kappa shape index (κ1) is 13.1. The molecule has 0 amide bonds. The summed E-state index contributed by atoms with van der Waals surface area (Å²) in [5.41, 5.74) is 2.14. The molecule has 5 heteroatoms. The van der Waals surface area contributed by atoms with Gasteiger partial charge in [0.25, 0.3) is 0 Å². The minimum atomic E-state index is -0.907. The molecule has 20 heavy (non-hydrogen) atoms. The molecule has 1 aliphatic rings. The smallest absolute Gasteiger partial charge is 0.337 e. The third kappa shape index (κ3) is 2.41. The van der Waals surface area contributed by atoms with Gasteiger partial charge in [-0.3, -0.25) is 0 Å². The lowest BCUT2D eigenvalue weighted by Gasteiger charge is -2.21. The Hall–Kier alpha value is -1.88. The van der Waals surface area contributed by atoms with E-state index in [1.807, 2.05) is 10.6 Å². The molecule has 3 heterocycles. The number of carboxylic acid groups (broad SMARTS) is 1. The van der Waals surface area contributed by atoms with Crippen LogP contribution in [-0.2, 0) is 6.42 Å². The number of likely N-dealkylation sites (tertiary alicyclic amines) is 1. The van der Waals surface area contributed by atoms with Crippen molar-refractivity contribution in [3.05, 3.63) is 35.8 Å². The van der Waals surface area contributed by atoms with Gasteiger partial charge in [0.15, 0.2) is 0 Å². The summed E-state index contributed by atoms with van der Waals surface area (Å²) in [4.78, 5) is 18.1. The Bertz CT molecular complexity index is 635. The van der Waals surface area contributed by atoms with E-state index in [-0.39, 0.29) is 5.56 Å². The molecule has 2 aromatic heterocycles. The van der Waals surface area contributed by atoms with Crippen molar-refractivity contribution in [1.82, 2.24) is 14.3 Å². The molecule has 1 saturated heterocycles. The molecule has 1 atom stereocenters. The second-order valence-corrected chi connectivity index (χ2v) is 5.35. The number of fused-ring (bicyclic) bond motifs is 1. The first-order valence-corrected chi connectivity index (χ1v) is 7.12. The van der Waals surface area contributed by atoms with Crippen molar-refractivity contribution in [1.29, 1.82) is 0 Å². The number of aromatic nitrogens is 2. The second kappa shape index (κ2) is 5.25. The number of nitrogens with zero attached hydrogens (tertiary/aromatic N) is 3. The highest BCUT2D eigenvalue weighted by Crippen LogP contribution is 2.20. The fourth-order valence-electron chi connectivity index (χ4n) is 3.05. The Kier molecular flexibility index (Phi) is 3.44. The molecule has 1 aliphatic heterocycles. The van der Waals surface area contributed by atoms with Crippen molar-refractivity contribution in [2.75, 3.05) is 13.1 Å². The SMILES string of the molecule is CCN1CCCC1Cc1cn2cc(C(=O)O)ccc2n1. The average Bonchev–Trinajstić information content (AvgIpc) is 3.03. The molecule has 1 N–H and O–H groups in total. The lowest BCUT2D eigenvalue weighted by Crippen LogP contribution is -2.30. The van der Waals surface area contributed by atoms with Gasteiger partial charge in [-0.05, 0) is 38.1 Å². The topological polar surface area (TPSA) is 57.8 Å². The van der Waals surface area contributed by atoms with Gasteiger partial charge in [-0.25, -0.2) is 9.78 Å². The van der Waals surface area contributed by atoms with Gasteiger partial charge in [0.1, 0.15) is 5.65 Å². The molecule has 0 bridgehead atoms. The van der Waals surface area contributed by atoms with Gasteiger partial charge in [-0.2, -0.15) is 0 Å². The zero-order valence-electron chi connectivity index (χ0n) is 11.6. The average molecular weight is 273 g/mol. The van der Waals surface area contributed by atoms with Crippen molar-refractivity contribution >= 4 is 11.6 Å². The summed E-state index contributed by atoms with van der Waals surface area (Å²) in [6, 6.07) is 3.94. The zero-order chi connectivity index (χ0) is 14.1. The monoisotopic (exact) mass is 273 g/mol. The summed E-state index contributed by atoms with van der Waals surface area (Å²) in [6.45, 7) is 4.46. The quantitative estimate of drug-likeness (QED) is 0.926. The van der Waals surface area contributed by atoms with Crippen LogP contribution in [-0.4, -0.2) is 44.5 Å². The van der Waals surface area contributed by atoms with E-state index < -0.39 is 5.97 Å². The van der Waals surface area contributed by atoms with Crippen LogP contribution in [0, 0.1) is 0 Å². The maximum Gasteiger partial charge on any atom is 0.337 e. The van der Waals surface area contributed by atoms with E-state index in [9.17, 15) is 4.79 Å². The molecule has 106 valence electrons. The number of pyridine rings is 1. The normalized spacial score (nSPS) is 19.8. The highest BCUT2D eigenvalue weighted by molar-refractivity contribution is 5.87. The Labute approximate surface area is 117 Å². The van der Waals surface area contributed by atoms with Crippen molar-refractivity contribution in [3.8, 4) is 0 Å². The van der Waals surface area contributed by atoms with E-state index in [2.05, 4.69) is 16.8 Å². The summed E-state index contributed by atoms with van der Waals surface area (Å²) in [5.74, 6) is -0.907. The van der Waals surface area contributed by atoms with Crippen molar-refractivity contribution < 1.29 is 9.90 Å². The van der Waals surface area contributed by atoms with Gasteiger partial charge in [-0.1, -0.05) is 6.92 Å². The fourth-order valence-corrected chi connectivity index (χ4v) is 3.05. The van der Waals surface area contributed by atoms with Crippen LogP contribution in [0.15, 0.2) is 24.5 Å². The molecule has 1 unspecified atom stereocenters. The van der Waals surface area contributed by atoms with Gasteiger partial charge >= 0.3 is 5.97 Å². The van der Waals surface area contributed by atoms with Crippen LogP contribution in [0.3, 0.4) is 0 Å². The third-order valence-electron chi connectivity index (χ3n) is 4.10. The lowest BCUT2D eigenvalue weighted by atomic mass is 10.1. The number of likely N-dealkylation sites (N-methyl/N-ethyl adjacent to an activating group) is 1. The van der Waals surface area contributed by atoms with Gasteiger partial charge in [-0.15, -0.1) is 0 Å². The van der Waals surface area contributed by atoms with E-state index in [0.29, 0.717) is 6.04 Å². The molecule has 1 fully saturated rings. The largest absolute Gasteiger partial charge is 0.478 e. The highest BCUT2D eigenvalue weighted by Gasteiger charge is 2.23. The molecule has 0 aromatic carbocycles. The minimum absolute atomic E-state index is 0.289. The predicted molar refractivity (Wildman–Crippen MR) is 76.1 cm³/mol. The van der Waals surface area contributed by atoms with E-state index in [1.165, 1.54) is 19.4 Å². The number of rotatable bonds is 4. The Morgan fingerprint density at radius 1 is 1.45 bits per heavy atom. The van der Waals surface area contributed by atoms with Crippen LogP contribution in [0.5, 0.6) is 0 Å². The van der Waals surface area contributed by atoms with E-state index in [0.717, 1.165) is 24.3 Å². The Balaban J connectivity index is 1.84. The molecule has 0 saturated carbocycles.